The van der Waals surface area contributed by atoms with E-state index >= 15 is 0 Å². The highest BCUT2D eigenvalue weighted by Crippen LogP contribution is 2.06. The van der Waals surface area contributed by atoms with Crippen molar-refractivity contribution in [1.82, 2.24) is 4.72 Å². The maximum atomic E-state index is 11.4. The highest BCUT2D eigenvalue weighted by Gasteiger charge is 2.24. The molecule has 0 bridgehead atoms. The minimum absolute atomic E-state index is 0.0450. The van der Waals surface area contributed by atoms with E-state index in [2.05, 4.69) is 9.46 Å². The summed E-state index contributed by atoms with van der Waals surface area (Å²) < 4.78 is 29.6. The molecule has 0 aliphatic carbocycles. The fraction of sp³-hybridized carbons (Fsp3) is 0.889. The van der Waals surface area contributed by atoms with Crippen LogP contribution >= 0.6 is 0 Å². The van der Waals surface area contributed by atoms with Crippen LogP contribution in [0.5, 0.6) is 0 Å². The van der Waals surface area contributed by atoms with Crippen LogP contribution in [0.2, 0.25) is 0 Å². The summed E-state index contributed by atoms with van der Waals surface area (Å²) in [6.45, 7) is 3.71. The number of aliphatic carboxylic acids is 1. The van der Waals surface area contributed by atoms with Crippen molar-refractivity contribution < 1.29 is 23.1 Å². The van der Waals surface area contributed by atoms with Gasteiger partial charge in [0, 0.05) is 7.11 Å². The van der Waals surface area contributed by atoms with Gasteiger partial charge in [-0.15, -0.1) is 0 Å². The molecule has 0 aromatic carbocycles. The molecule has 0 fully saturated rings. The minimum Gasteiger partial charge on any atom is -0.480 e. The number of carboxylic acid groups (broad SMARTS) is 1. The van der Waals surface area contributed by atoms with Crippen LogP contribution in [0.1, 0.15) is 20.3 Å². The molecule has 0 heterocycles. The van der Waals surface area contributed by atoms with Crippen molar-refractivity contribution in [3.05, 3.63) is 0 Å². The van der Waals surface area contributed by atoms with Gasteiger partial charge < -0.3 is 9.84 Å². The number of nitrogens with one attached hydrogen (secondary N) is 1. The Hall–Kier alpha value is -0.660. The fourth-order valence-electron chi connectivity index (χ4n) is 1.14. The third-order valence-electron chi connectivity index (χ3n) is 1.88. The predicted molar refractivity (Wildman–Crippen MR) is 59.7 cm³/mol. The summed E-state index contributed by atoms with van der Waals surface area (Å²) in [6.07, 6.45) is 0.265. The second-order valence-corrected chi connectivity index (χ2v) is 5.82. The van der Waals surface area contributed by atoms with Crippen molar-refractivity contribution in [1.29, 1.82) is 0 Å². The van der Waals surface area contributed by atoms with Gasteiger partial charge in [-0.3, -0.25) is 4.79 Å². The maximum absolute atomic E-state index is 11.4. The van der Waals surface area contributed by atoms with Gasteiger partial charge in [0.1, 0.15) is 6.04 Å². The zero-order chi connectivity index (χ0) is 12.8. The topological polar surface area (TPSA) is 92.7 Å². The first-order valence-electron chi connectivity index (χ1n) is 5.00. The van der Waals surface area contributed by atoms with E-state index in [9.17, 15) is 13.2 Å². The number of ether oxygens (including phenoxy) is 1. The molecule has 0 aromatic heterocycles. The van der Waals surface area contributed by atoms with E-state index in [1.807, 2.05) is 13.8 Å². The lowest BCUT2D eigenvalue weighted by atomic mass is 10.1. The predicted octanol–water partition coefficient (Wildman–Crippen LogP) is 0.0515. The lowest BCUT2D eigenvalue weighted by Crippen LogP contribution is -2.43. The van der Waals surface area contributed by atoms with Gasteiger partial charge in [0.25, 0.3) is 0 Å². The van der Waals surface area contributed by atoms with Crippen LogP contribution in [0.15, 0.2) is 0 Å². The monoisotopic (exact) mass is 253 g/mol. The van der Waals surface area contributed by atoms with Crippen LogP contribution in [-0.2, 0) is 19.6 Å². The molecular formula is C9H19NO5S. The van der Waals surface area contributed by atoms with E-state index in [1.54, 1.807) is 0 Å². The molecule has 0 aromatic rings. The van der Waals surface area contributed by atoms with Crippen LogP contribution < -0.4 is 4.72 Å². The molecule has 0 radical (unpaired) electrons. The number of methoxy groups -OCH3 is 1. The van der Waals surface area contributed by atoms with Gasteiger partial charge in [0.2, 0.25) is 10.0 Å². The third kappa shape index (κ3) is 6.76. The second kappa shape index (κ2) is 6.82. The highest BCUT2D eigenvalue weighted by atomic mass is 32.2. The average Bonchev–Trinajstić information content (AvgIpc) is 2.12. The van der Waals surface area contributed by atoms with E-state index in [1.165, 1.54) is 7.11 Å². The first-order chi connectivity index (χ1) is 7.28. The smallest absolute Gasteiger partial charge is 0.321 e. The standard InChI is InChI=1S/C9H19NO5S/c1-7(2)6-8(9(11)12)10-16(13,14)5-4-15-3/h7-8,10H,4-6H2,1-3H3,(H,11,12). The zero-order valence-corrected chi connectivity index (χ0v) is 10.6. The molecule has 0 amide bonds. The Morgan fingerprint density at radius 2 is 2.00 bits per heavy atom. The third-order valence-corrected chi connectivity index (χ3v) is 3.23. The molecule has 6 nitrogen and oxygen atoms in total. The average molecular weight is 253 g/mol. The Bertz CT molecular complexity index is 312. The molecule has 0 saturated carbocycles. The van der Waals surface area contributed by atoms with E-state index in [0.29, 0.717) is 0 Å². The number of hydrogen-bond acceptors (Lipinski definition) is 4. The van der Waals surface area contributed by atoms with Gasteiger partial charge >= 0.3 is 5.97 Å². The van der Waals surface area contributed by atoms with Crippen LogP contribution in [-0.4, -0.2) is 45.0 Å². The van der Waals surface area contributed by atoms with Gasteiger partial charge in [-0.05, 0) is 12.3 Å². The fourth-order valence-corrected chi connectivity index (χ4v) is 2.27. The molecule has 1 unspecified atom stereocenters. The Kier molecular flexibility index (Phi) is 6.54. The normalized spacial score (nSPS) is 14.0. The van der Waals surface area contributed by atoms with Crippen molar-refractivity contribution in [2.75, 3.05) is 19.5 Å². The molecule has 0 spiro atoms. The molecule has 1 atom stereocenters. The van der Waals surface area contributed by atoms with Crippen molar-refractivity contribution in [3.63, 3.8) is 0 Å². The first kappa shape index (κ1) is 15.3. The number of hydrogen-bond donors (Lipinski definition) is 2. The van der Waals surface area contributed by atoms with Gasteiger partial charge in [-0.2, -0.15) is 0 Å². The summed E-state index contributed by atoms with van der Waals surface area (Å²) in [5, 5.41) is 8.85. The van der Waals surface area contributed by atoms with Crippen LogP contribution in [0.25, 0.3) is 0 Å². The Morgan fingerprint density at radius 1 is 1.44 bits per heavy atom. The van der Waals surface area contributed by atoms with E-state index < -0.39 is 22.0 Å². The van der Waals surface area contributed by atoms with Crippen molar-refractivity contribution in [2.45, 2.75) is 26.3 Å². The largest absolute Gasteiger partial charge is 0.480 e. The molecular weight excluding hydrogens is 234 g/mol. The lowest BCUT2D eigenvalue weighted by molar-refractivity contribution is -0.139. The van der Waals surface area contributed by atoms with Crippen LogP contribution in [0, 0.1) is 5.92 Å². The van der Waals surface area contributed by atoms with Crippen molar-refractivity contribution in [2.24, 2.45) is 5.92 Å². The maximum Gasteiger partial charge on any atom is 0.321 e. The second-order valence-electron chi connectivity index (χ2n) is 3.95. The number of sulfonamides is 1. The molecule has 0 saturated heterocycles. The Labute approximate surface area is 96.0 Å². The SMILES string of the molecule is COCCS(=O)(=O)NC(CC(C)C)C(=O)O. The van der Waals surface area contributed by atoms with Gasteiger partial charge in [0.05, 0.1) is 12.4 Å². The van der Waals surface area contributed by atoms with Gasteiger partial charge in [-0.25, -0.2) is 13.1 Å². The quantitative estimate of drug-likeness (QED) is 0.637. The molecule has 2 N–H and O–H groups in total. The molecule has 0 aliphatic rings. The van der Waals surface area contributed by atoms with E-state index in [4.69, 9.17) is 5.11 Å². The highest BCUT2D eigenvalue weighted by molar-refractivity contribution is 7.89. The summed E-state index contributed by atoms with van der Waals surface area (Å²) in [6, 6.07) is -1.07. The summed E-state index contributed by atoms with van der Waals surface area (Å²) in [5.41, 5.74) is 0. The first-order valence-corrected chi connectivity index (χ1v) is 6.65. The summed E-state index contributed by atoms with van der Waals surface area (Å²) in [4.78, 5) is 10.8. The van der Waals surface area contributed by atoms with Crippen molar-refractivity contribution >= 4 is 16.0 Å². The molecule has 0 rings (SSSR count). The number of carboxylic acids is 1. The molecule has 96 valence electrons. The number of carbonyl (C=O) groups is 1. The Morgan fingerprint density at radius 3 is 2.38 bits per heavy atom. The number of rotatable bonds is 8. The molecule has 0 aliphatic heterocycles. The van der Waals surface area contributed by atoms with Crippen LogP contribution in [0.4, 0.5) is 0 Å². The molecule has 7 heteroatoms. The summed E-state index contributed by atoms with van der Waals surface area (Å²) in [5.74, 6) is -1.29. The van der Waals surface area contributed by atoms with Crippen molar-refractivity contribution in [3.8, 4) is 0 Å². The Balaban J connectivity index is 4.44. The van der Waals surface area contributed by atoms with E-state index in [0.717, 1.165) is 0 Å². The summed E-state index contributed by atoms with van der Waals surface area (Å²) >= 11 is 0. The van der Waals surface area contributed by atoms with E-state index in [-0.39, 0.29) is 24.7 Å². The molecule has 16 heavy (non-hydrogen) atoms. The lowest BCUT2D eigenvalue weighted by Gasteiger charge is -2.16. The van der Waals surface area contributed by atoms with Gasteiger partial charge in [0.15, 0.2) is 0 Å². The minimum atomic E-state index is -3.59. The van der Waals surface area contributed by atoms with Gasteiger partial charge in [-0.1, -0.05) is 13.8 Å². The summed E-state index contributed by atoms with van der Waals surface area (Å²) in [7, 11) is -2.20. The van der Waals surface area contributed by atoms with Crippen LogP contribution in [0.3, 0.4) is 0 Å². The zero-order valence-electron chi connectivity index (χ0n) is 9.76.